The summed E-state index contributed by atoms with van der Waals surface area (Å²) >= 11 is 0. The number of carbonyl (C=O) groups is 5. The number of ketones is 1. The maximum Gasteiger partial charge on any atom is 0.326 e. The molecule has 0 saturated carbocycles. The SMILES string of the molecule is CCCC1(CCC)NC(=O)N(CC(=O)OCC(=O)Nc2cccc(C(C)=O)c2)C1=O. The molecule has 0 atom stereocenters. The average Bonchev–Trinajstić information content (AvgIpc) is 2.91. The molecule has 1 aliphatic heterocycles. The van der Waals surface area contributed by atoms with E-state index in [0.29, 0.717) is 36.9 Å². The topological polar surface area (TPSA) is 122 Å². The van der Waals surface area contributed by atoms with Gasteiger partial charge < -0.3 is 15.4 Å². The van der Waals surface area contributed by atoms with Gasteiger partial charge in [0.25, 0.3) is 11.8 Å². The zero-order chi connectivity index (χ0) is 22.3. The lowest BCUT2D eigenvalue weighted by atomic mass is 9.88. The molecule has 0 radical (unpaired) electrons. The summed E-state index contributed by atoms with van der Waals surface area (Å²) in [5.41, 5.74) is -0.160. The Kier molecular flexibility index (Phi) is 7.68. The summed E-state index contributed by atoms with van der Waals surface area (Å²) in [5, 5.41) is 5.23. The van der Waals surface area contributed by atoms with Crippen molar-refractivity contribution in [2.45, 2.75) is 52.0 Å². The molecule has 162 valence electrons. The van der Waals surface area contributed by atoms with Gasteiger partial charge in [0.05, 0.1) is 0 Å². The number of amides is 4. The number of nitrogens with zero attached hydrogens (tertiary/aromatic N) is 1. The molecule has 0 bridgehead atoms. The predicted molar refractivity (Wildman–Crippen MR) is 109 cm³/mol. The summed E-state index contributed by atoms with van der Waals surface area (Å²) in [6.07, 6.45) is 2.38. The van der Waals surface area contributed by atoms with Crippen molar-refractivity contribution in [1.29, 1.82) is 0 Å². The molecule has 0 aliphatic carbocycles. The van der Waals surface area contributed by atoms with E-state index in [2.05, 4.69) is 10.6 Å². The molecule has 9 nitrogen and oxygen atoms in total. The third-order valence-electron chi connectivity index (χ3n) is 4.80. The van der Waals surface area contributed by atoms with E-state index in [9.17, 15) is 24.0 Å². The van der Waals surface area contributed by atoms with Gasteiger partial charge in [-0.05, 0) is 31.9 Å². The first-order valence-corrected chi connectivity index (χ1v) is 9.93. The van der Waals surface area contributed by atoms with Crippen molar-refractivity contribution in [2.75, 3.05) is 18.5 Å². The van der Waals surface area contributed by atoms with Gasteiger partial charge >= 0.3 is 12.0 Å². The van der Waals surface area contributed by atoms with Crippen molar-refractivity contribution >= 4 is 35.3 Å². The normalized spacial score (nSPS) is 15.0. The Hall–Kier alpha value is -3.23. The molecule has 30 heavy (non-hydrogen) atoms. The van der Waals surface area contributed by atoms with Crippen molar-refractivity contribution in [3.8, 4) is 0 Å². The van der Waals surface area contributed by atoms with Gasteiger partial charge in [0, 0.05) is 11.3 Å². The number of carbonyl (C=O) groups excluding carboxylic acids is 5. The predicted octanol–water partition coefficient (Wildman–Crippen LogP) is 2.26. The maximum absolute atomic E-state index is 12.7. The van der Waals surface area contributed by atoms with Gasteiger partial charge in [0.15, 0.2) is 12.4 Å². The van der Waals surface area contributed by atoms with Crippen molar-refractivity contribution < 1.29 is 28.7 Å². The van der Waals surface area contributed by atoms with Crippen LogP contribution in [-0.2, 0) is 19.1 Å². The van der Waals surface area contributed by atoms with Crippen LogP contribution in [0.5, 0.6) is 0 Å². The second-order valence-corrected chi connectivity index (χ2v) is 7.25. The fourth-order valence-corrected chi connectivity index (χ4v) is 3.47. The molecule has 2 rings (SSSR count). The van der Waals surface area contributed by atoms with E-state index in [0.717, 1.165) is 4.90 Å². The molecule has 1 fully saturated rings. The molecule has 1 aliphatic rings. The van der Waals surface area contributed by atoms with Gasteiger partial charge in [-0.25, -0.2) is 4.79 Å². The van der Waals surface area contributed by atoms with E-state index in [1.807, 2.05) is 13.8 Å². The number of Topliss-reactive ketones (excluding diaryl/α,β-unsaturated/α-hetero) is 1. The molecule has 1 heterocycles. The number of benzene rings is 1. The first-order chi connectivity index (χ1) is 14.2. The number of nitrogens with one attached hydrogen (secondary N) is 2. The highest BCUT2D eigenvalue weighted by Gasteiger charge is 2.50. The molecule has 4 amide bonds. The highest BCUT2D eigenvalue weighted by molar-refractivity contribution is 6.08. The molecule has 1 aromatic carbocycles. The van der Waals surface area contributed by atoms with Crippen LogP contribution in [0.25, 0.3) is 0 Å². The van der Waals surface area contributed by atoms with Gasteiger partial charge in [0.2, 0.25) is 0 Å². The lowest BCUT2D eigenvalue weighted by Crippen LogP contribution is -2.47. The van der Waals surface area contributed by atoms with Crippen LogP contribution in [0.4, 0.5) is 10.5 Å². The van der Waals surface area contributed by atoms with Crippen LogP contribution in [0.3, 0.4) is 0 Å². The van der Waals surface area contributed by atoms with Crippen LogP contribution >= 0.6 is 0 Å². The van der Waals surface area contributed by atoms with Crippen LogP contribution in [0, 0.1) is 0 Å². The van der Waals surface area contributed by atoms with Crippen molar-refractivity contribution in [1.82, 2.24) is 10.2 Å². The monoisotopic (exact) mass is 417 g/mol. The quantitative estimate of drug-likeness (QED) is 0.342. The Balaban J connectivity index is 1.90. The number of ether oxygens (including phenoxy) is 1. The minimum atomic E-state index is -0.986. The van der Waals surface area contributed by atoms with E-state index >= 15 is 0 Å². The van der Waals surface area contributed by atoms with E-state index in [1.54, 1.807) is 18.2 Å². The van der Waals surface area contributed by atoms with Crippen LogP contribution in [-0.4, -0.2) is 53.2 Å². The lowest BCUT2D eigenvalue weighted by molar-refractivity contribution is -0.150. The number of esters is 1. The summed E-state index contributed by atoms with van der Waals surface area (Å²) < 4.78 is 4.91. The fraction of sp³-hybridized carbons (Fsp3) is 0.476. The molecule has 9 heteroatoms. The zero-order valence-electron chi connectivity index (χ0n) is 17.4. The summed E-state index contributed by atoms with van der Waals surface area (Å²) in [7, 11) is 0. The summed E-state index contributed by atoms with van der Waals surface area (Å²) in [6, 6.07) is 5.71. The molecule has 2 N–H and O–H groups in total. The Labute approximate surface area is 175 Å². The number of rotatable bonds is 10. The molecule has 1 saturated heterocycles. The van der Waals surface area contributed by atoms with Gasteiger partial charge in [-0.2, -0.15) is 0 Å². The summed E-state index contributed by atoms with van der Waals surface area (Å²) in [4.78, 5) is 61.3. The number of imide groups is 1. The minimum Gasteiger partial charge on any atom is -0.454 e. The van der Waals surface area contributed by atoms with E-state index in [1.165, 1.54) is 13.0 Å². The van der Waals surface area contributed by atoms with Crippen LogP contribution < -0.4 is 10.6 Å². The van der Waals surface area contributed by atoms with Gasteiger partial charge in [-0.3, -0.25) is 24.1 Å². The van der Waals surface area contributed by atoms with Crippen LogP contribution in [0.1, 0.15) is 56.8 Å². The number of urea groups is 1. The third kappa shape index (κ3) is 5.43. The molecular weight excluding hydrogens is 390 g/mol. The van der Waals surface area contributed by atoms with Crippen molar-refractivity contribution in [3.05, 3.63) is 29.8 Å². The fourth-order valence-electron chi connectivity index (χ4n) is 3.47. The number of hydrogen-bond acceptors (Lipinski definition) is 6. The van der Waals surface area contributed by atoms with Crippen LogP contribution in [0.2, 0.25) is 0 Å². The van der Waals surface area contributed by atoms with E-state index in [4.69, 9.17) is 4.74 Å². The van der Waals surface area contributed by atoms with E-state index in [-0.39, 0.29) is 5.78 Å². The Morgan fingerprint density at radius 3 is 2.40 bits per heavy atom. The largest absolute Gasteiger partial charge is 0.454 e. The Morgan fingerprint density at radius 1 is 1.13 bits per heavy atom. The second kappa shape index (κ2) is 10.00. The highest BCUT2D eigenvalue weighted by Crippen LogP contribution is 2.27. The Morgan fingerprint density at radius 2 is 1.80 bits per heavy atom. The van der Waals surface area contributed by atoms with Crippen LogP contribution in [0.15, 0.2) is 24.3 Å². The molecule has 0 aromatic heterocycles. The third-order valence-corrected chi connectivity index (χ3v) is 4.80. The molecular formula is C21H27N3O6. The van der Waals surface area contributed by atoms with Gasteiger partial charge in [-0.15, -0.1) is 0 Å². The lowest BCUT2D eigenvalue weighted by Gasteiger charge is -2.25. The van der Waals surface area contributed by atoms with Crippen molar-refractivity contribution in [3.63, 3.8) is 0 Å². The summed E-state index contributed by atoms with van der Waals surface area (Å²) in [6.45, 7) is 4.10. The maximum atomic E-state index is 12.7. The molecule has 1 aromatic rings. The molecule has 0 unspecified atom stereocenters. The zero-order valence-corrected chi connectivity index (χ0v) is 17.4. The summed E-state index contributed by atoms with van der Waals surface area (Å²) in [5.74, 6) is -2.06. The Bertz CT molecular complexity index is 845. The average molecular weight is 417 g/mol. The smallest absolute Gasteiger partial charge is 0.326 e. The van der Waals surface area contributed by atoms with Gasteiger partial charge in [0.1, 0.15) is 12.1 Å². The van der Waals surface area contributed by atoms with E-state index < -0.39 is 42.5 Å². The number of hydrogen-bond donors (Lipinski definition) is 2. The second-order valence-electron chi connectivity index (χ2n) is 7.25. The standard InChI is InChI=1S/C21H27N3O6/c1-4-9-21(10-5-2)19(28)24(20(29)23-21)12-18(27)30-13-17(26)22-16-8-6-7-15(11-16)14(3)25/h6-8,11H,4-5,9-10,12-13H2,1-3H3,(H,22,26)(H,23,29). The first kappa shape index (κ1) is 23.1. The van der Waals surface area contributed by atoms with Gasteiger partial charge in [-0.1, -0.05) is 38.8 Å². The highest BCUT2D eigenvalue weighted by atomic mass is 16.5. The number of anilines is 1. The van der Waals surface area contributed by atoms with Crippen molar-refractivity contribution in [2.24, 2.45) is 0 Å². The first-order valence-electron chi connectivity index (χ1n) is 9.93. The minimum absolute atomic E-state index is 0.145. The molecule has 0 spiro atoms.